The molecule has 3 aromatic heterocycles. The molecule has 3 heterocycles. The summed E-state index contributed by atoms with van der Waals surface area (Å²) >= 11 is 0. The van der Waals surface area contributed by atoms with Crippen LogP contribution in [0.3, 0.4) is 0 Å². The fourth-order valence-corrected chi connectivity index (χ4v) is 3.84. The fourth-order valence-electron chi connectivity index (χ4n) is 3.84. The highest BCUT2D eigenvalue weighted by Gasteiger charge is 2.12. The van der Waals surface area contributed by atoms with Crippen LogP contribution in [0.4, 0.5) is 0 Å². The molecule has 2 atom stereocenters. The first-order valence-electron chi connectivity index (χ1n) is 11.3. The number of aliphatic hydroxyl groups excluding tert-OH is 1. The third kappa shape index (κ3) is 5.52. The number of hydrogen-bond donors (Lipinski definition) is 3. The van der Waals surface area contributed by atoms with Gasteiger partial charge in [0.15, 0.2) is 11.5 Å². The summed E-state index contributed by atoms with van der Waals surface area (Å²) in [5.41, 5.74) is 4.28. The summed E-state index contributed by atoms with van der Waals surface area (Å²) in [4.78, 5) is 20.2. The van der Waals surface area contributed by atoms with E-state index in [4.69, 9.17) is 9.47 Å². The van der Waals surface area contributed by atoms with Gasteiger partial charge in [-0.05, 0) is 43.7 Å². The molecular formula is C26H29N5O4. The molecule has 0 aliphatic heterocycles. The Labute approximate surface area is 203 Å². The number of amides is 1. The fraction of sp³-hybridized carbons (Fsp3) is 0.269. The molecule has 0 bridgehead atoms. The first-order chi connectivity index (χ1) is 16.9. The number of ether oxygens (including phenoxy) is 2. The van der Waals surface area contributed by atoms with Gasteiger partial charge in [0.2, 0.25) is 5.91 Å². The van der Waals surface area contributed by atoms with E-state index < -0.39 is 6.10 Å². The van der Waals surface area contributed by atoms with Crippen molar-refractivity contribution in [2.45, 2.75) is 32.5 Å². The zero-order chi connectivity index (χ0) is 24.9. The van der Waals surface area contributed by atoms with Gasteiger partial charge in [-0.2, -0.15) is 5.10 Å². The minimum absolute atomic E-state index is 0.217. The van der Waals surface area contributed by atoms with Gasteiger partial charge in [-0.25, -0.2) is 4.98 Å². The number of aromatic nitrogens is 4. The molecule has 0 fully saturated rings. The molecule has 0 saturated carbocycles. The van der Waals surface area contributed by atoms with Crippen LogP contribution in [0.5, 0.6) is 11.5 Å². The van der Waals surface area contributed by atoms with Crippen LogP contribution in [-0.2, 0) is 11.3 Å². The molecule has 0 saturated heterocycles. The first-order valence-corrected chi connectivity index (χ1v) is 11.3. The Morgan fingerprint density at radius 1 is 1.17 bits per heavy atom. The molecule has 182 valence electrons. The monoisotopic (exact) mass is 475 g/mol. The molecule has 4 rings (SSSR count). The number of carbonyl (C=O) groups is 1. The maximum Gasteiger partial charge on any atom is 0.244 e. The second-order valence-corrected chi connectivity index (χ2v) is 8.34. The summed E-state index contributed by atoms with van der Waals surface area (Å²) in [5, 5.41) is 17.7. The van der Waals surface area contributed by atoms with Gasteiger partial charge in [-0.15, -0.1) is 0 Å². The number of aliphatic hydroxyl groups is 1. The standard InChI is InChI=1S/C26H29N5O4/c1-16(32)14-31-15-21(13-29-31)20-9-22-19(11-27-26(22)28-12-20)6-8-25(33)30-17(2)18-5-7-23(34-3)24(10-18)35-4/h5-13,15-17,32H,14H2,1-4H3,(H,27,28)(H,30,33)/b8-6+/t16?,17-/m1/s1. The van der Waals surface area contributed by atoms with Crippen LogP contribution in [0.2, 0.25) is 0 Å². The molecule has 0 spiro atoms. The third-order valence-corrected chi connectivity index (χ3v) is 5.66. The van der Waals surface area contributed by atoms with Crippen LogP contribution in [0.1, 0.15) is 31.0 Å². The highest BCUT2D eigenvalue weighted by atomic mass is 16.5. The highest BCUT2D eigenvalue weighted by Crippen LogP contribution is 2.30. The van der Waals surface area contributed by atoms with Crippen molar-refractivity contribution in [1.29, 1.82) is 0 Å². The first kappa shape index (κ1) is 24.0. The van der Waals surface area contributed by atoms with E-state index in [-0.39, 0.29) is 11.9 Å². The van der Waals surface area contributed by atoms with Gasteiger partial charge >= 0.3 is 0 Å². The number of methoxy groups -OCH3 is 2. The van der Waals surface area contributed by atoms with E-state index in [2.05, 4.69) is 20.4 Å². The maximum absolute atomic E-state index is 12.6. The molecule has 3 N–H and O–H groups in total. The molecule has 9 heteroatoms. The quantitative estimate of drug-likeness (QED) is 0.318. The second-order valence-electron chi connectivity index (χ2n) is 8.34. The average molecular weight is 476 g/mol. The van der Waals surface area contributed by atoms with Crippen LogP contribution in [0, 0.1) is 0 Å². The minimum atomic E-state index is -0.481. The zero-order valence-electron chi connectivity index (χ0n) is 20.1. The SMILES string of the molecule is COc1ccc([C@@H](C)NC(=O)/C=C/c2c[nH]c3ncc(-c4cnn(CC(C)O)c4)cc23)cc1OC. The molecule has 0 radical (unpaired) electrons. The molecule has 35 heavy (non-hydrogen) atoms. The normalized spacial score (nSPS) is 13.2. The number of H-pyrrole nitrogens is 1. The minimum Gasteiger partial charge on any atom is -0.493 e. The summed E-state index contributed by atoms with van der Waals surface area (Å²) < 4.78 is 12.3. The van der Waals surface area contributed by atoms with E-state index >= 15 is 0 Å². The van der Waals surface area contributed by atoms with E-state index in [1.54, 1.807) is 44.3 Å². The molecule has 0 aliphatic rings. The summed E-state index contributed by atoms with van der Waals surface area (Å²) in [6, 6.07) is 7.35. The molecule has 4 aromatic rings. The Morgan fingerprint density at radius 2 is 1.97 bits per heavy atom. The lowest BCUT2D eigenvalue weighted by molar-refractivity contribution is -0.117. The van der Waals surface area contributed by atoms with Crippen molar-refractivity contribution in [3.63, 3.8) is 0 Å². The summed E-state index contributed by atoms with van der Waals surface area (Å²) in [5.74, 6) is 1.03. The van der Waals surface area contributed by atoms with Crippen molar-refractivity contribution in [1.82, 2.24) is 25.1 Å². The Bertz CT molecular complexity index is 1360. The molecule has 1 amide bonds. The Morgan fingerprint density at radius 3 is 2.71 bits per heavy atom. The number of nitrogens with one attached hydrogen (secondary N) is 2. The summed E-state index contributed by atoms with van der Waals surface area (Å²) in [7, 11) is 3.16. The topological polar surface area (TPSA) is 114 Å². The zero-order valence-corrected chi connectivity index (χ0v) is 20.1. The number of fused-ring (bicyclic) bond motifs is 1. The summed E-state index contributed by atoms with van der Waals surface area (Å²) in [6.07, 6.45) is 10.0. The van der Waals surface area contributed by atoms with Crippen molar-refractivity contribution in [3.05, 3.63) is 66.3 Å². The number of carbonyl (C=O) groups excluding carboxylic acids is 1. The lowest BCUT2D eigenvalue weighted by Crippen LogP contribution is -2.24. The van der Waals surface area contributed by atoms with Crippen molar-refractivity contribution in [2.75, 3.05) is 14.2 Å². The maximum atomic E-state index is 12.6. The van der Waals surface area contributed by atoms with Gasteiger partial charge < -0.3 is 24.9 Å². The average Bonchev–Trinajstić information content (AvgIpc) is 3.48. The number of pyridine rings is 1. The number of rotatable bonds is 9. The molecule has 1 unspecified atom stereocenters. The van der Waals surface area contributed by atoms with Gasteiger partial charge in [0.25, 0.3) is 0 Å². The molecule has 1 aromatic carbocycles. The third-order valence-electron chi connectivity index (χ3n) is 5.66. The molecule has 0 aliphatic carbocycles. The molecule has 9 nitrogen and oxygen atoms in total. The van der Waals surface area contributed by atoms with Crippen LogP contribution in [0.15, 0.2) is 55.1 Å². The number of hydrogen-bond acceptors (Lipinski definition) is 6. The largest absolute Gasteiger partial charge is 0.493 e. The smallest absolute Gasteiger partial charge is 0.244 e. The van der Waals surface area contributed by atoms with Crippen LogP contribution < -0.4 is 14.8 Å². The highest BCUT2D eigenvalue weighted by molar-refractivity contribution is 5.96. The van der Waals surface area contributed by atoms with Crippen molar-refractivity contribution in [2.24, 2.45) is 0 Å². The van der Waals surface area contributed by atoms with Crippen molar-refractivity contribution < 1.29 is 19.4 Å². The van der Waals surface area contributed by atoms with E-state index in [1.807, 2.05) is 43.6 Å². The van der Waals surface area contributed by atoms with Gasteiger partial charge in [-0.3, -0.25) is 9.48 Å². The van der Waals surface area contributed by atoms with Gasteiger partial charge in [0.1, 0.15) is 5.65 Å². The Balaban J connectivity index is 1.48. The van der Waals surface area contributed by atoms with E-state index in [0.717, 1.165) is 33.3 Å². The predicted octanol–water partition coefficient (Wildman–Crippen LogP) is 3.72. The van der Waals surface area contributed by atoms with E-state index in [1.165, 1.54) is 6.08 Å². The van der Waals surface area contributed by atoms with Gasteiger partial charge in [0.05, 0.1) is 39.1 Å². The number of aromatic amines is 1. The second kappa shape index (κ2) is 10.4. The Kier molecular flexibility index (Phi) is 7.17. The molecular weight excluding hydrogens is 446 g/mol. The number of benzene rings is 1. The Hall–Kier alpha value is -4.11. The lowest BCUT2D eigenvalue weighted by atomic mass is 10.1. The van der Waals surface area contributed by atoms with Gasteiger partial charge in [-0.1, -0.05) is 6.07 Å². The van der Waals surface area contributed by atoms with Crippen molar-refractivity contribution in [3.8, 4) is 22.6 Å². The van der Waals surface area contributed by atoms with Crippen LogP contribution in [-0.4, -0.2) is 51.1 Å². The van der Waals surface area contributed by atoms with Crippen LogP contribution >= 0.6 is 0 Å². The van der Waals surface area contributed by atoms with E-state index in [9.17, 15) is 9.90 Å². The van der Waals surface area contributed by atoms with Crippen LogP contribution in [0.25, 0.3) is 28.2 Å². The summed E-state index contributed by atoms with van der Waals surface area (Å²) in [6.45, 7) is 4.05. The lowest BCUT2D eigenvalue weighted by Gasteiger charge is -2.15. The predicted molar refractivity (Wildman–Crippen MR) is 134 cm³/mol. The van der Waals surface area contributed by atoms with E-state index in [0.29, 0.717) is 18.0 Å². The van der Waals surface area contributed by atoms with Gasteiger partial charge in [0, 0.05) is 46.7 Å². The number of nitrogens with zero attached hydrogens (tertiary/aromatic N) is 3. The van der Waals surface area contributed by atoms with Crippen molar-refractivity contribution >= 4 is 23.0 Å².